The Morgan fingerprint density at radius 1 is 0.897 bits per heavy atom. The molecule has 6 nitrogen and oxygen atoms in total. The molecule has 1 N–H and O–H groups in total. The van der Waals surface area contributed by atoms with Gasteiger partial charge in [0.15, 0.2) is 0 Å². The van der Waals surface area contributed by atoms with Crippen LogP contribution in [-0.2, 0) is 0 Å². The maximum Gasteiger partial charge on any atom is 0.272 e. The SMILES string of the molecule is COc1ccccc1N1CCN(C(=O)c2ccc(Nc3ccccc3)cn2)CC1. The number of nitrogens with one attached hydrogen (secondary N) is 1. The summed E-state index contributed by atoms with van der Waals surface area (Å²) in [7, 11) is 1.68. The average Bonchev–Trinajstić information content (AvgIpc) is 2.80. The molecule has 0 aliphatic carbocycles. The summed E-state index contributed by atoms with van der Waals surface area (Å²) in [4.78, 5) is 21.3. The van der Waals surface area contributed by atoms with E-state index >= 15 is 0 Å². The zero-order valence-electron chi connectivity index (χ0n) is 16.4. The number of ether oxygens (including phenoxy) is 1. The van der Waals surface area contributed by atoms with Crippen molar-refractivity contribution in [3.8, 4) is 5.75 Å². The average molecular weight is 388 g/mol. The van der Waals surface area contributed by atoms with Crippen LogP contribution in [0.2, 0.25) is 0 Å². The van der Waals surface area contributed by atoms with Crippen molar-refractivity contribution >= 4 is 23.0 Å². The lowest BCUT2D eigenvalue weighted by Crippen LogP contribution is -2.49. The number of para-hydroxylation sites is 3. The van der Waals surface area contributed by atoms with Crippen LogP contribution in [0.25, 0.3) is 0 Å². The van der Waals surface area contributed by atoms with Crippen LogP contribution >= 0.6 is 0 Å². The van der Waals surface area contributed by atoms with E-state index in [1.165, 1.54) is 0 Å². The van der Waals surface area contributed by atoms with Gasteiger partial charge in [0.1, 0.15) is 11.4 Å². The first-order valence-electron chi connectivity index (χ1n) is 9.70. The van der Waals surface area contributed by atoms with Crippen LogP contribution in [-0.4, -0.2) is 49.1 Å². The molecular weight excluding hydrogens is 364 g/mol. The minimum atomic E-state index is -0.0315. The summed E-state index contributed by atoms with van der Waals surface area (Å²) < 4.78 is 5.46. The number of piperazine rings is 1. The van der Waals surface area contributed by atoms with Crippen LogP contribution in [0.1, 0.15) is 10.5 Å². The number of anilines is 3. The molecule has 0 unspecified atom stereocenters. The van der Waals surface area contributed by atoms with Crippen molar-refractivity contribution in [3.63, 3.8) is 0 Å². The maximum absolute atomic E-state index is 12.8. The first kappa shape index (κ1) is 18.8. The minimum absolute atomic E-state index is 0.0315. The molecular formula is C23H24N4O2. The van der Waals surface area contributed by atoms with E-state index in [2.05, 4.69) is 21.3 Å². The van der Waals surface area contributed by atoms with E-state index in [9.17, 15) is 4.79 Å². The second kappa shape index (κ2) is 8.65. The van der Waals surface area contributed by atoms with Gasteiger partial charge in [-0.2, -0.15) is 0 Å². The van der Waals surface area contributed by atoms with E-state index in [4.69, 9.17) is 4.74 Å². The lowest BCUT2D eigenvalue weighted by Gasteiger charge is -2.36. The molecule has 0 bridgehead atoms. The number of pyridine rings is 1. The van der Waals surface area contributed by atoms with E-state index in [-0.39, 0.29) is 5.91 Å². The van der Waals surface area contributed by atoms with Gasteiger partial charge < -0.3 is 19.9 Å². The van der Waals surface area contributed by atoms with Crippen LogP contribution in [0.3, 0.4) is 0 Å². The van der Waals surface area contributed by atoms with Crippen molar-refractivity contribution in [2.24, 2.45) is 0 Å². The third-order valence-corrected chi connectivity index (χ3v) is 5.04. The number of carbonyl (C=O) groups excluding carboxylic acids is 1. The third kappa shape index (κ3) is 4.32. The molecule has 1 aromatic heterocycles. The Morgan fingerprint density at radius 3 is 2.31 bits per heavy atom. The molecule has 1 amide bonds. The molecule has 148 valence electrons. The van der Waals surface area contributed by atoms with Crippen molar-refractivity contribution in [2.45, 2.75) is 0 Å². The normalized spacial score (nSPS) is 13.8. The molecule has 6 heteroatoms. The zero-order chi connectivity index (χ0) is 20.1. The monoisotopic (exact) mass is 388 g/mol. The van der Waals surface area contributed by atoms with Crippen LogP contribution in [0, 0.1) is 0 Å². The van der Waals surface area contributed by atoms with E-state index in [1.807, 2.05) is 59.5 Å². The quantitative estimate of drug-likeness (QED) is 0.721. The van der Waals surface area contributed by atoms with Gasteiger partial charge >= 0.3 is 0 Å². The van der Waals surface area contributed by atoms with Crippen LogP contribution in [0.5, 0.6) is 5.75 Å². The number of carbonyl (C=O) groups is 1. The van der Waals surface area contributed by atoms with Crippen molar-refractivity contribution in [3.05, 3.63) is 78.6 Å². The van der Waals surface area contributed by atoms with Crippen LogP contribution in [0.4, 0.5) is 17.1 Å². The van der Waals surface area contributed by atoms with Gasteiger partial charge in [0.25, 0.3) is 5.91 Å². The number of nitrogens with zero attached hydrogens (tertiary/aromatic N) is 3. The molecule has 29 heavy (non-hydrogen) atoms. The molecule has 2 aromatic carbocycles. The number of rotatable bonds is 5. The minimum Gasteiger partial charge on any atom is -0.495 e. The molecule has 1 fully saturated rings. The summed E-state index contributed by atoms with van der Waals surface area (Å²) in [6.45, 7) is 2.84. The lowest BCUT2D eigenvalue weighted by atomic mass is 10.2. The van der Waals surface area contributed by atoms with Crippen molar-refractivity contribution in [1.82, 2.24) is 9.88 Å². The van der Waals surface area contributed by atoms with Crippen molar-refractivity contribution in [2.75, 3.05) is 43.5 Å². The molecule has 0 spiro atoms. The van der Waals surface area contributed by atoms with Crippen LogP contribution in [0.15, 0.2) is 72.9 Å². The molecule has 1 aliphatic heterocycles. The summed E-state index contributed by atoms with van der Waals surface area (Å²) in [5.74, 6) is 0.825. The fourth-order valence-electron chi connectivity index (χ4n) is 3.49. The van der Waals surface area contributed by atoms with Gasteiger partial charge in [0, 0.05) is 31.9 Å². The predicted octanol–water partition coefficient (Wildman–Crippen LogP) is 3.80. The largest absolute Gasteiger partial charge is 0.495 e. The Balaban J connectivity index is 1.37. The molecule has 4 rings (SSSR count). The highest BCUT2D eigenvalue weighted by Gasteiger charge is 2.24. The second-order valence-electron chi connectivity index (χ2n) is 6.87. The summed E-state index contributed by atoms with van der Waals surface area (Å²) >= 11 is 0. The summed E-state index contributed by atoms with van der Waals surface area (Å²) in [6, 6.07) is 21.5. The van der Waals surface area contributed by atoms with E-state index in [0.29, 0.717) is 18.8 Å². The fourth-order valence-corrected chi connectivity index (χ4v) is 3.49. The van der Waals surface area contributed by atoms with Gasteiger partial charge in [0.05, 0.1) is 24.7 Å². The summed E-state index contributed by atoms with van der Waals surface area (Å²) in [5, 5.41) is 3.28. The number of benzene rings is 2. The van der Waals surface area contributed by atoms with Gasteiger partial charge in [0.2, 0.25) is 0 Å². The lowest BCUT2D eigenvalue weighted by molar-refractivity contribution is 0.0741. The highest BCUT2D eigenvalue weighted by atomic mass is 16.5. The van der Waals surface area contributed by atoms with Gasteiger partial charge in [-0.05, 0) is 36.4 Å². The Kier molecular flexibility index (Phi) is 5.61. The molecule has 3 aromatic rings. The summed E-state index contributed by atoms with van der Waals surface area (Å²) in [6.07, 6.45) is 1.70. The number of hydrogen-bond acceptors (Lipinski definition) is 5. The number of hydrogen-bond donors (Lipinski definition) is 1. The molecule has 0 radical (unpaired) electrons. The Labute approximate surface area is 170 Å². The first-order chi connectivity index (χ1) is 14.2. The highest BCUT2D eigenvalue weighted by Crippen LogP contribution is 2.28. The topological polar surface area (TPSA) is 57.7 Å². The fraction of sp³-hybridized carbons (Fsp3) is 0.217. The molecule has 0 saturated carbocycles. The number of aromatic nitrogens is 1. The van der Waals surface area contributed by atoms with E-state index in [0.717, 1.165) is 35.9 Å². The standard InChI is InChI=1S/C23H24N4O2/c1-29-22-10-6-5-9-21(22)26-13-15-27(16-14-26)23(28)20-12-11-19(17-24-20)25-18-7-3-2-4-8-18/h2-12,17,25H,13-16H2,1H3. The Hall–Kier alpha value is -3.54. The van der Waals surface area contributed by atoms with E-state index in [1.54, 1.807) is 19.4 Å². The van der Waals surface area contributed by atoms with Gasteiger partial charge in [-0.1, -0.05) is 30.3 Å². The molecule has 1 aliphatic rings. The van der Waals surface area contributed by atoms with Gasteiger partial charge in [-0.15, -0.1) is 0 Å². The highest BCUT2D eigenvalue weighted by molar-refractivity contribution is 5.92. The predicted molar refractivity (Wildman–Crippen MR) is 115 cm³/mol. The molecule has 2 heterocycles. The zero-order valence-corrected chi connectivity index (χ0v) is 16.4. The maximum atomic E-state index is 12.8. The second-order valence-corrected chi connectivity index (χ2v) is 6.87. The van der Waals surface area contributed by atoms with Gasteiger partial charge in [-0.3, -0.25) is 4.79 Å². The van der Waals surface area contributed by atoms with Crippen molar-refractivity contribution < 1.29 is 9.53 Å². The number of amides is 1. The Morgan fingerprint density at radius 2 is 1.62 bits per heavy atom. The van der Waals surface area contributed by atoms with Crippen molar-refractivity contribution in [1.29, 1.82) is 0 Å². The third-order valence-electron chi connectivity index (χ3n) is 5.04. The van der Waals surface area contributed by atoms with Gasteiger partial charge in [-0.25, -0.2) is 4.98 Å². The van der Waals surface area contributed by atoms with Crippen LogP contribution < -0.4 is 15.0 Å². The smallest absolute Gasteiger partial charge is 0.272 e. The molecule has 1 saturated heterocycles. The number of methoxy groups -OCH3 is 1. The van der Waals surface area contributed by atoms with E-state index < -0.39 is 0 Å². The first-order valence-corrected chi connectivity index (χ1v) is 9.70. The molecule has 0 atom stereocenters. The Bertz CT molecular complexity index is 952. The summed E-state index contributed by atoms with van der Waals surface area (Å²) in [5.41, 5.74) is 3.38.